The standard InChI is InChI=1S/C17H34N4/c1-19-9-3-2-4-16(19)7-10-20-11-8-17(14-20)21-12-5-15(18)6-13-21/h15-17H,2-14,18H2,1H3. The maximum absolute atomic E-state index is 6.02. The molecule has 3 aliphatic heterocycles. The highest BCUT2D eigenvalue weighted by atomic mass is 15.3. The Balaban J connectivity index is 1.38. The molecule has 0 saturated carbocycles. The van der Waals surface area contributed by atoms with Crippen LogP contribution in [-0.4, -0.2) is 79.1 Å². The highest BCUT2D eigenvalue weighted by molar-refractivity contribution is 4.87. The summed E-state index contributed by atoms with van der Waals surface area (Å²) >= 11 is 0. The minimum atomic E-state index is 0.459. The highest BCUT2D eigenvalue weighted by Crippen LogP contribution is 2.22. The van der Waals surface area contributed by atoms with E-state index in [9.17, 15) is 0 Å². The van der Waals surface area contributed by atoms with Gasteiger partial charge in [-0.15, -0.1) is 0 Å². The van der Waals surface area contributed by atoms with Crippen LogP contribution in [0.15, 0.2) is 0 Å². The quantitative estimate of drug-likeness (QED) is 0.849. The van der Waals surface area contributed by atoms with Crippen molar-refractivity contribution < 1.29 is 0 Å². The van der Waals surface area contributed by atoms with E-state index in [4.69, 9.17) is 5.73 Å². The van der Waals surface area contributed by atoms with E-state index in [2.05, 4.69) is 21.7 Å². The second kappa shape index (κ2) is 7.40. The lowest BCUT2D eigenvalue weighted by molar-refractivity contribution is 0.141. The van der Waals surface area contributed by atoms with Gasteiger partial charge in [-0.1, -0.05) is 6.42 Å². The van der Waals surface area contributed by atoms with Gasteiger partial charge in [0, 0.05) is 24.7 Å². The van der Waals surface area contributed by atoms with E-state index < -0.39 is 0 Å². The molecule has 0 aliphatic carbocycles. The van der Waals surface area contributed by atoms with E-state index in [1.54, 1.807) is 0 Å². The van der Waals surface area contributed by atoms with E-state index in [0.29, 0.717) is 6.04 Å². The molecule has 2 atom stereocenters. The zero-order valence-corrected chi connectivity index (χ0v) is 13.8. The lowest BCUT2D eigenvalue weighted by Crippen LogP contribution is -2.46. The zero-order chi connectivity index (χ0) is 14.7. The average Bonchev–Trinajstić information content (AvgIpc) is 2.96. The summed E-state index contributed by atoms with van der Waals surface area (Å²) in [6.07, 6.45) is 9.38. The molecule has 0 amide bonds. The third-order valence-electron chi connectivity index (χ3n) is 6.04. The zero-order valence-electron chi connectivity index (χ0n) is 13.8. The summed E-state index contributed by atoms with van der Waals surface area (Å²) in [6.45, 7) is 7.67. The molecule has 3 aliphatic rings. The van der Waals surface area contributed by atoms with Crippen LogP contribution in [0.2, 0.25) is 0 Å². The molecule has 3 rings (SSSR count). The molecule has 0 aromatic rings. The molecular weight excluding hydrogens is 260 g/mol. The molecule has 3 fully saturated rings. The monoisotopic (exact) mass is 294 g/mol. The first-order valence-electron chi connectivity index (χ1n) is 9.14. The van der Waals surface area contributed by atoms with Gasteiger partial charge in [-0.2, -0.15) is 0 Å². The fourth-order valence-electron chi connectivity index (χ4n) is 4.44. The van der Waals surface area contributed by atoms with Gasteiger partial charge >= 0.3 is 0 Å². The van der Waals surface area contributed by atoms with E-state index in [0.717, 1.165) is 12.1 Å². The third-order valence-corrected chi connectivity index (χ3v) is 6.04. The van der Waals surface area contributed by atoms with Gasteiger partial charge in [-0.3, -0.25) is 4.90 Å². The van der Waals surface area contributed by atoms with Crippen molar-refractivity contribution in [2.75, 3.05) is 46.3 Å². The highest BCUT2D eigenvalue weighted by Gasteiger charge is 2.30. The predicted octanol–water partition coefficient (Wildman–Crippen LogP) is 1.36. The minimum absolute atomic E-state index is 0.459. The summed E-state index contributed by atoms with van der Waals surface area (Å²) < 4.78 is 0. The summed E-state index contributed by atoms with van der Waals surface area (Å²) in [5, 5.41) is 0. The van der Waals surface area contributed by atoms with Crippen LogP contribution < -0.4 is 5.73 Å². The van der Waals surface area contributed by atoms with Crippen LogP contribution in [-0.2, 0) is 0 Å². The molecule has 21 heavy (non-hydrogen) atoms. The van der Waals surface area contributed by atoms with Crippen LogP contribution in [0, 0.1) is 0 Å². The van der Waals surface area contributed by atoms with Crippen LogP contribution in [0.3, 0.4) is 0 Å². The third kappa shape index (κ3) is 4.19. The Labute approximate surface area is 130 Å². The van der Waals surface area contributed by atoms with Crippen molar-refractivity contribution in [3.8, 4) is 0 Å². The lowest BCUT2D eigenvalue weighted by atomic mass is 10.00. The van der Waals surface area contributed by atoms with Gasteiger partial charge in [0.2, 0.25) is 0 Å². The van der Waals surface area contributed by atoms with Crippen molar-refractivity contribution in [1.29, 1.82) is 0 Å². The van der Waals surface area contributed by atoms with Gasteiger partial charge in [-0.25, -0.2) is 0 Å². The van der Waals surface area contributed by atoms with E-state index in [-0.39, 0.29) is 0 Å². The summed E-state index contributed by atoms with van der Waals surface area (Å²) in [5.41, 5.74) is 6.02. The molecular formula is C17H34N4. The molecule has 2 N–H and O–H groups in total. The number of hydrogen-bond donors (Lipinski definition) is 1. The van der Waals surface area contributed by atoms with Gasteiger partial charge in [-0.05, 0) is 78.3 Å². The Morgan fingerprint density at radius 2 is 1.76 bits per heavy atom. The molecule has 0 aromatic heterocycles. The van der Waals surface area contributed by atoms with Crippen molar-refractivity contribution in [3.05, 3.63) is 0 Å². The number of rotatable bonds is 4. The topological polar surface area (TPSA) is 35.7 Å². The van der Waals surface area contributed by atoms with Gasteiger partial charge in [0.05, 0.1) is 0 Å². The molecule has 3 saturated heterocycles. The Kier molecular flexibility index (Phi) is 5.54. The lowest BCUT2D eigenvalue weighted by Gasteiger charge is -2.35. The molecule has 0 spiro atoms. The molecule has 4 nitrogen and oxygen atoms in total. The molecule has 0 aromatic carbocycles. The smallest absolute Gasteiger partial charge is 0.0235 e. The van der Waals surface area contributed by atoms with Gasteiger partial charge in [0.15, 0.2) is 0 Å². The molecule has 2 unspecified atom stereocenters. The van der Waals surface area contributed by atoms with Gasteiger partial charge < -0.3 is 15.5 Å². The van der Waals surface area contributed by atoms with Crippen LogP contribution in [0.1, 0.15) is 44.9 Å². The van der Waals surface area contributed by atoms with Gasteiger partial charge in [0.25, 0.3) is 0 Å². The second-order valence-electron chi connectivity index (χ2n) is 7.54. The van der Waals surface area contributed by atoms with E-state index >= 15 is 0 Å². The Morgan fingerprint density at radius 3 is 2.52 bits per heavy atom. The van der Waals surface area contributed by atoms with Crippen LogP contribution >= 0.6 is 0 Å². The SMILES string of the molecule is CN1CCCCC1CCN1CCC(N2CCC(N)CC2)C1. The number of piperidine rings is 2. The van der Waals surface area contributed by atoms with E-state index in [1.807, 2.05) is 0 Å². The Bertz CT molecular complexity index is 314. The maximum atomic E-state index is 6.02. The minimum Gasteiger partial charge on any atom is -0.328 e. The van der Waals surface area contributed by atoms with Crippen LogP contribution in [0.25, 0.3) is 0 Å². The van der Waals surface area contributed by atoms with Crippen molar-refractivity contribution in [1.82, 2.24) is 14.7 Å². The largest absolute Gasteiger partial charge is 0.328 e. The van der Waals surface area contributed by atoms with Gasteiger partial charge in [0.1, 0.15) is 0 Å². The second-order valence-corrected chi connectivity index (χ2v) is 7.54. The van der Waals surface area contributed by atoms with Crippen LogP contribution in [0.5, 0.6) is 0 Å². The fourth-order valence-corrected chi connectivity index (χ4v) is 4.44. The van der Waals surface area contributed by atoms with Crippen molar-refractivity contribution >= 4 is 0 Å². The summed E-state index contributed by atoms with van der Waals surface area (Å²) in [6, 6.07) is 2.10. The fraction of sp³-hybridized carbons (Fsp3) is 1.00. The molecule has 3 heterocycles. The Morgan fingerprint density at radius 1 is 0.952 bits per heavy atom. The predicted molar refractivity (Wildman–Crippen MR) is 88.5 cm³/mol. The maximum Gasteiger partial charge on any atom is 0.0235 e. The van der Waals surface area contributed by atoms with Crippen molar-refractivity contribution in [2.45, 2.75) is 63.1 Å². The molecule has 0 bridgehead atoms. The van der Waals surface area contributed by atoms with Crippen molar-refractivity contribution in [2.24, 2.45) is 5.73 Å². The van der Waals surface area contributed by atoms with Crippen molar-refractivity contribution in [3.63, 3.8) is 0 Å². The first kappa shape index (κ1) is 15.7. The van der Waals surface area contributed by atoms with Crippen LogP contribution in [0.4, 0.5) is 0 Å². The molecule has 122 valence electrons. The molecule has 4 heteroatoms. The first-order chi connectivity index (χ1) is 10.2. The molecule has 0 radical (unpaired) electrons. The number of nitrogens with two attached hydrogens (primary N) is 1. The first-order valence-corrected chi connectivity index (χ1v) is 9.14. The summed E-state index contributed by atoms with van der Waals surface area (Å²) in [7, 11) is 2.31. The number of likely N-dealkylation sites (tertiary alicyclic amines) is 3. The average molecular weight is 294 g/mol. The van der Waals surface area contributed by atoms with E-state index in [1.165, 1.54) is 84.2 Å². The number of nitrogens with zero attached hydrogens (tertiary/aromatic N) is 3. The summed E-state index contributed by atoms with van der Waals surface area (Å²) in [5.74, 6) is 0. The normalized spacial score (nSPS) is 34.6. The number of hydrogen-bond acceptors (Lipinski definition) is 4. The Hall–Kier alpha value is -0.160. The summed E-state index contributed by atoms with van der Waals surface area (Å²) in [4.78, 5) is 8.00.